The normalized spacial score (nSPS) is 12.2. The molecule has 1 rings (SSSR count). The highest BCUT2D eigenvalue weighted by atomic mass is 19.1. The Balaban J connectivity index is 3.53. The summed E-state index contributed by atoms with van der Waals surface area (Å²) in [4.78, 5) is 0. The van der Waals surface area contributed by atoms with Crippen LogP contribution < -0.4 is 5.73 Å². The fourth-order valence-electron chi connectivity index (χ4n) is 1.25. The second kappa shape index (κ2) is 3.64. The van der Waals surface area contributed by atoms with Crippen molar-refractivity contribution in [1.82, 2.24) is 0 Å². The number of halogens is 1. The summed E-state index contributed by atoms with van der Waals surface area (Å²) < 4.78 is 13.5. The molecule has 0 spiro atoms. The number of nitrogens with two attached hydrogens (primary N) is 1. The fraction of sp³-hybridized carbons (Fsp3) is 0.300. The second-order valence-corrected chi connectivity index (χ2v) is 3.17. The molecule has 0 aliphatic rings. The minimum atomic E-state index is -0.943. The van der Waals surface area contributed by atoms with Crippen molar-refractivity contribution < 1.29 is 9.50 Å². The number of benzene rings is 1. The number of hydrogen-bond acceptors (Lipinski definition) is 3. The van der Waals surface area contributed by atoms with Crippen LogP contribution in [-0.4, -0.2) is 5.11 Å². The van der Waals surface area contributed by atoms with Crippen molar-refractivity contribution in [3.63, 3.8) is 0 Å². The van der Waals surface area contributed by atoms with Gasteiger partial charge >= 0.3 is 0 Å². The first-order valence-electron chi connectivity index (χ1n) is 4.15. The SMILES string of the molecule is Cc1cc(C(C)O)c(F)c(C#N)c1N. The smallest absolute Gasteiger partial charge is 0.148 e. The molecule has 0 heterocycles. The Labute approximate surface area is 81.6 Å². The van der Waals surface area contributed by atoms with Gasteiger partial charge < -0.3 is 10.8 Å². The van der Waals surface area contributed by atoms with Crippen molar-refractivity contribution in [2.24, 2.45) is 0 Å². The maximum Gasteiger partial charge on any atom is 0.148 e. The van der Waals surface area contributed by atoms with Gasteiger partial charge in [-0.25, -0.2) is 4.39 Å². The number of nitrogen functional groups attached to an aromatic ring is 1. The molecule has 0 bridgehead atoms. The lowest BCUT2D eigenvalue weighted by atomic mass is 10.0. The van der Waals surface area contributed by atoms with E-state index >= 15 is 0 Å². The molecule has 0 aliphatic carbocycles. The van der Waals surface area contributed by atoms with Crippen molar-refractivity contribution in [1.29, 1.82) is 5.26 Å². The molecule has 14 heavy (non-hydrogen) atoms. The summed E-state index contributed by atoms with van der Waals surface area (Å²) in [6.45, 7) is 3.11. The largest absolute Gasteiger partial charge is 0.397 e. The van der Waals surface area contributed by atoms with Crippen LogP contribution in [0.1, 0.15) is 29.7 Å². The maximum atomic E-state index is 13.5. The van der Waals surface area contributed by atoms with E-state index in [1.54, 1.807) is 13.0 Å². The number of nitriles is 1. The second-order valence-electron chi connectivity index (χ2n) is 3.17. The Morgan fingerprint density at radius 3 is 2.64 bits per heavy atom. The summed E-state index contributed by atoms with van der Waals surface area (Å²) in [5, 5.41) is 17.9. The third-order valence-corrected chi connectivity index (χ3v) is 2.10. The molecule has 3 nitrogen and oxygen atoms in total. The zero-order valence-corrected chi connectivity index (χ0v) is 8.00. The van der Waals surface area contributed by atoms with Crippen molar-refractivity contribution in [3.05, 3.63) is 28.6 Å². The summed E-state index contributed by atoms with van der Waals surface area (Å²) in [6.07, 6.45) is -0.943. The van der Waals surface area contributed by atoms with Gasteiger partial charge in [0.1, 0.15) is 17.4 Å². The molecule has 0 amide bonds. The first-order chi connectivity index (χ1) is 6.49. The van der Waals surface area contributed by atoms with Crippen LogP contribution in [0.5, 0.6) is 0 Å². The molecule has 4 heteroatoms. The number of anilines is 1. The topological polar surface area (TPSA) is 70.0 Å². The van der Waals surface area contributed by atoms with Crippen LogP contribution in [0.4, 0.5) is 10.1 Å². The van der Waals surface area contributed by atoms with Crippen LogP contribution in [0.15, 0.2) is 6.07 Å². The molecule has 1 aromatic carbocycles. The van der Waals surface area contributed by atoms with Gasteiger partial charge in [-0.15, -0.1) is 0 Å². The molecule has 0 saturated carbocycles. The molecule has 1 atom stereocenters. The standard InChI is InChI=1S/C10H11FN2O/c1-5-3-7(6(2)14)9(11)8(4-12)10(5)13/h3,6,14H,13H2,1-2H3. The first kappa shape index (κ1) is 10.5. The highest BCUT2D eigenvalue weighted by Crippen LogP contribution is 2.26. The molecule has 0 aliphatic heterocycles. The average Bonchev–Trinajstić information content (AvgIpc) is 2.12. The minimum absolute atomic E-state index is 0.105. The summed E-state index contributed by atoms with van der Waals surface area (Å²) in [5.74, 6) is -0.731. The molecule has 3 N–H and O–H groups in total. The van der Waals surface area contributed by atoms with E-state index in [0.29, 0.717) is 5.56 Å². The number of aliphatic hydroxyl groups is 1. The van der Waals surface area contributed by atoms with Crippen LogP contribution in [-0.2, 0) is 0 Å². The third-order valence-electron chi connectivity index (χ3n) is 2.10. The molecule has 74 valence electrons. The van der Waals surface area contributed by atoms with Gasteiger partial charge in [0.2, 0.25) is 0 Å². The zero-order valence-electron chi connectivity index (χ0n) is 8.00. The molecule has 1 aromatic rings. The molecule has 0 saturated heterocycles. The lowest BCUT2D eigenvalue weighted by Crippen LogP contribution is -2.04. The van der Waals surface area contributed by atoms with Crippen LogP contribution in [0.25, 0.3) is 0 Å². The van der Waals surface area contributed by atoms with E-state index in [1.165, 1.54) is 13.0 Å². The number of aryl methyl sites for hydroxylation is 1. The lowest BCUT2D eigenvalue weighted by molar-refractivity contribution is 0.194. The highest BCUT2D eigenvalue weighted by Gasteiger charge is 2.16. The summed E-state index contributed by atoms with van der Waals surface area (Å²) in [6, 6.07) is 3.14. The number of rotatable bonds is 1. The highest BCUT2D eigenvalue weighted by molar-refractivity contribution is 5.61. The Hall–Kier alpha value is -1.60. The maximum absolute atomic E-state index is 13.5. The van der Waals surface area contributed by atoms with Gasteiger partial charge in [0.15, 0.2) is 0 Å². The van der Waals surface area contributed by atoms with Crippen LogP contribution >= 0.6 is 0 Å². The van der Waals surface area contributed by atoms with E-state index in [4.69, 9.17) is 11.0 Å². The van der Waals surface area contributed by atoms with Crippen molar-refractivity contribution in [2.75, 3.05) is 5.73 Å². The zero-order chi connectivity index (χ0) is 10.9. The van der Waals surface area contributed by atoms with Gasteiger partial charge in [-0.2, -0.15) is 5.26 Å². The van der Waals surface area contributed by atoms with E-state index in [1.807, 2.05) is 0 Å². The Kier molecular flexibility index (Phi) is 2.73. The molecule has 0 radical (unpaired) electrons. The van der Waals surface area contributed by atoms with Gasteiger partial charge in [0, 0.05) is 5.56 Å². The molecule has 1 unspecified atom stereocenters. The van der Waals surface area contributed by atoms with E-state index < -0.39 is 11.9 Å². The monoisotopic (exact) mass is 194 g/mol. The Morgan fingerprint density at radius 2 is 2.21 bits per heavy atom. The predicted octanol–water partition coefficient (Wildman–Crippen LogP) is 1.64. The van der Waals surface area contributed by atoms with Gasteiger partial charge in [0.25, 0.3) is 0 Å². The number of aliphatic hydroxyl groups excluding tert-OH is 1. The van der Waals surface area contributed by atoms with E-state index in [2.05, 4.69) is 0 Å². The van der Waals surface area contributed by atoms with Crippen molar-refractivity contribution in [2.45, 2.75) is 20.0 Å². The first-order valence-corrected chi connectivity index (χ1v) is 4.15. The third kappa shape index (κ3) is 1.54. The molecule has 0 aromatic heterocycles. The number of hydrogen-bond donors (Lipinski definition) is 2. The van der Waals surface area contributed by atoms with Gasteiger partial charge in [0.05, 0.1) is 11.8 Å². The molecule has 0 fully saturated rings. The molecular formula is C10H11FN2O. The van der Waals surface area contributed by atoms with Crippen molar-refractivity contribution in [3.8, 4) is 6.07 Å². The van der Waals surface area contributed by atoms with Gasteiger partial charge in [-0.1, -0.05) is 0 Å². The van der Waals surface area contributed by atoms with E-state index in [-0.39, 0.29) is 16.8 Å². The summed E-state index contributed by atoms with van der Waals surface area (Å²) >= 11 is 0. The lowest BCUT2D eigenvalue weighted by Gasteiger charge is -2.11. The van der Waals surface area contributed by atoms with Gasteiger partial charge in [-0.05, 0) is 25.5 Å². The summed E-state index contributed by atoms with van der Waals surface area (Å²) in [7, 11) is 0. The Morgan fingerprint density at radius 1 is 1.64 bits per heavy atom. The predicted molar refractivity (Wildman–Crippen MR) is 50.9 cm³/mol. The van der Waals surface area contributed by atoms with Crippen LogP contribution in [0.3, 0.4) is 0 Å². The number of nitrogens with zero attached hydrogens (tertiary/aromatic N) is 1. The Bertz CT molecular complexity index is 408. The van der Waals surface area contributed by atoms with Crippen LogP contribution in [0, 0.1) is 24.1 Å². The van der Waals surface area contributed by atoms with Gasteiger partial charge in [-0.3, -0.25) is 0 Å². The van der Waals surface area contributed by atoms with Crippen molar-refractivity contribution >= 4 is 5.69 Å². The minimum Gasteiger partial charge on any atom is -0.397 e. The van der Waals surface area contributed by atoms with E-state index in [0.717, 1.165) is 0 Å². The average molecular weight is 194 g/mol. The quantitative estimate of drug-likeness (QED) is 0.667. The van der Waals surface area contributed by atoms with Crippen LogP contribution in [0.2, 0.25) is 0 Å². The fourth-order valence-corrected chi connectivity index (χ4v) is 1.25. The molecular weight excluding hydrogens is 183 g/mol. The van der Waals surface area contributed by atoms with E-state index in [9.17, 15) is 9.50 Å². The summed E-state index contributed by atoms with van der Waals surface area (Å²) in [5.41, 5.74) is 6.16.